The molecule has 2 aliphatic rings. The lowest BCUT2D eigenvalue weighted by Gasteiger charge is -2.43. The molecule has 0 aliphatic carbocycles. The summed E-state index contributed by atoms with van der Waals surface area (Å²) in [6.07, 6.45) is 4.72. The number of aromatic nitrogens is 3. The Labute approximate surface area is 172 Å². The minimum absolute atomic E-state index is 0.176. The summed E-state index contributed by atoms with van der Waals surface area (Å²) in [6, 6.07) is 6.30. The van der Waals surface area contributed by atoms with Crippen molar-refractivity contribution in [1.29, 1.82) is 0 Å². The second kappa shape index (κ2) is 7.09. The van der Waals surface area contributed by atoms with Crippen LogP contribution in [-0.2, 0) is 16.8 Å². The Bertz CT molecular complexity index is 975. The third-order valence-corrected chi connectivity index (χ3v) is 7.71. The number of thiophene rings is 1. The van der Waals surface area contributed by atoms with Gasteiger partial charge in [-0.25, -0.2) is 0 Å². The molecular weight excluding hydrogens is 392 g/mol. The number of piperidine rings is 1. The number of anilines is 1. The van der Waals surface area contributed by atoms with E-state index in [1.54, 1.807) is 24.6 Å². The SMILES string of the molecule is COc1ccc(-c2cc3c(s2)CCOC32CCN(c3nnc(C)s3)CC2)nc1. The molecule has 28 heavy (non-hydrogen) atoms. The van der Waals surface area contributed by atoms with Crippen molar-refractivity contribution in [2.45, 2.75) is 31.8 Å². The number of hydrogen-bond acceptors (Lipinski definition) is 8. The number of fused-ring (bicyclic) bond motifs is 2. The van der Waals surface area contributed by atoms with Crippen LogP contribution in [0.3, 0.4) is 0 Å². The molecule has 2 aliphatic heterocycles. The largest absolute Gasteiger partial charge is 0.495 e. The van der Waals surface area contributed by atoms with E-state index < -0.39 is 0 Å². The Kier molecular flexibility index (Phi) is 4.57. The number of rotatable bonds is 3. The van der Waals surface area contributed by atoms with E-state index in [9.17, 15) is 0 Å². The van der Waals surface area contributed by atoms with Crippen LogP contribution in [0.15, 0.2) is 24.4 Å². The van der Waals surface area contributed by atoms with Gasteiger partial charge in [-0.2, -0.15) is 0 Å². The molecule has 0 unspecified atom stereocenters. The standard InChI is InChI=1S/C20H22N4O2S2/c1-13-22-23-19(27-13)24-8-6-20(7-9-24)15-11-18(28-17(15)5-10-26-20)16-4-3-14(25-2)12-21-16/h3-4,11-12H,5-10H2,1-2H3. The fraction of sp³-hybridized carbons (Fsp3) is 0.450. The lowest BCUT2D eigenvalue weighted by Crippen LogP contribution is -2.46. The van der Waals surface area contributed by atoms with Crippen LogP contribution in [0.25, 0.3) is 10.6 Å². The highest BCUT2D eigenvalue weighted by atomic mass is 32.1. The highest BCUT2D eigenvalue weighted by molar-refractivity contribution is 7.15. The molecule has 0 N–H and O–H groups in total. The van der Waals surface area contributed by atoms with Gasteiger partial charge in [-0.05, 0) is 43.5 Å². The molecular formula is C20H22N4O2S2. The highest BCUT2D eigenvalue weighted by Crippen LogP contribution is 2.47. The van der Waals surface area contributed by atoms with Gasteiger partial charge in [0.25, 0.3) is 0 Å². The first-order chi connectivity index (χ1) is 13.7. The van der Waals surface area contributed by atoms with Crippen molar-refractivity contribution in [3.05, 3.63) is 39.8 Å². The quantitative estimate of drug-likeness (QED) is 0.644. The summed E-state index contributed by atoms with van der Waals surface area (Å²) in [5, 5.41) is 10.5. The van der Waals surface area contributed by atoms with Gasteiger partial charge in [0.15, 0.2) is 0 Å². The average molecular weight is 415 g/mol. The van der Waals surface area contributed by atoms with Gasteiger partial charge < -0.3 is 14.4 Å². The third kappa shape index (κ3) is 3.09. The summed E-state index contributed by atoms with van der Waals surface area (Å²) in [5.41, 5.74) is 2.19. The Morgan fingerprint density at radius 1 is 1.18 bits per heavy atom. The van der Waals surface area contributed by atoms with Crippen molar-refractivity contribution < 1.29 is 9.47 Å². The normalized spacial score (nSPS) is 18.3. The first-order valence-corrected chi connectivity index (χ1v) is 11.1. The fourth-order valence-corrected chi connectivity index (χ4v) is 6.02. The van der Waals surface area contributed by atoms with Gasteiger partial charge in [0.1, 0.15) is 10.8 Å². The van der Waals surface area contributed by atoms with Gasteiger partial charge >= 0.3 is 0 Å². The fourth-order valence-electron chi connectivity index (χ4n) is 4.08. The van der Waals surface area contributed by atoms with Crippen LogP contribution < -0.4 is 9.64 Å². The maximum Gasteiger partial charge on any atom is 0.208 e. The molecule has 1 spiro atoms. The topological polar surface area (TPSA) is 60.4 Å². The molecule has 1 saturated heterocycles. The summed E-state index contributed by atoms with van der Waals surface area (Å²) >= 11 is 3.52. The molecule has 0 radical (unpaired) electrons. The molecule has 0 saturated carbocycles. The minimum Gasteiger partial charge on any atom is -0.495 e. The Balaban J connectivity index is 1.40. The summed E-state index contributed by atoms with van der Waals surface area (Å²) in [6.45, 7) is 4.68. The second-order valence-electron chi connectivity index (χ2n) is 7.21. The zero-order chi connectivity index (χ0) is 19.1. The predicted octanol–water partition coefficient (Wildman–Crippen LogP) is 4.05. The molecule has 3 aromatic heterocycles. The van der Waals surface area contributed by atoms with Gasteiger partial charge in [0.2, 0.25) is 5.13 Å². The van der Waals surface area contributed by atoms with E-state index >= 15 is 0 Å². The smallest absolute Gasteiger partial charge is 0.208 e. The summed E-state index contributed by atoms with van der Waals surface area (Å²) < 4.78 is 11.6. The summed E-state index contributed by atoms with van der Waals surface area (Å²) in [7, 11) is 1.66. The Morgan fingerprint density at radius 3 is 2.71 bits per heavy atom. The number of hydrogen-bond donors (Lipinski definition) is 0. The minimum atomic E-state index is -0.176. The van der Waals surface area contributed by atoms with Crippen LogP contribution >= 0.6 is 22.7 Å². The Morgan fingerprint density at radius 2 is 2.04 bits per heavy atom. The molecule has 0 atom stereocenters. The first-order valence-electron chi connectivity index (χ1n) is 9.49. The van der Waals surface area contributed by atoms with E-state index in [1.165, 1.54) is 15.3 Å². The van der Waals surface area contributed by atoms with Crippen molar-refractivity contribution in [3.8, 4) is 16.3 Å². The first kappa shape index (κ1) is 18.0. The lowest BCUT2D eigenvalue weighted by molar-refractivity contribution is -0.0756. The van der Waals surface area contributed by atoms with E-state index in [-0.39, 0.29) is 5.60 Å². The highest BCUT2D eigenvalue weighted by Gasteiger charge is 2.42. The van der Waals surface area contributed by atoms with Crippen LogP contribution in [0.2, 0.25) is 0 Å². The zero-order valence-corrected chi connectivity index (χ0v) is 17.6. The number of nitrogens with zero attached hydrogens (tertiary/aromatic N) is 4. The van der Waals surface area contributed by atoms with Crippen molar-refractivity contribution in [1.82, 2.24) is 15.2 Å². The van der Waals surface area contributed by atoms with E-state index in [1.807, 2.05) is 30.4 Å². The molecule has 0 bridgehead atoms. The molecule has 3 aromatic rings. The van der Waals surface area contributed by atoms with Crippen molar-refractivity contribution in [3.63, 3.8) is 0 Å². The van der Waals surface area contributed by atoms with E-state index in [0.29, 0.717) is 0 Å². The van der Waals surface area contributed by atoms with Crippen molar-refractivity contribution >= 4 is 27.8 Å². The van der Waals surface area contributed by atoms with Crippen LogP contribution in [0, 0.1) is 6.92 Å². The van der Waals surface area contributed by atoms with E-state index in [4.69, 9.17) is 9.47 Å². The maximum atomic E-state index is 6.41. The van der Waals surface area contributed by atoms with Gasteiger partial charge in [0.05, 0.1) is 36.1 Å². The number of pyridine rings is 1. The molecule has 5 rings (SSSR count). The molecule has 6 nitrogen and oxygen atoms in total. The third-order valence-electron chi connectivity index (χ3n) is 5.59. The number of ether oxygens (including phenoxy) is 2. The predicted molar refractivity (Wildman–Crippen MR) is 112 cm³/mol. The van der Waals surface area contributed by atoms with E-state index in [0.717, 1.165) is 60.5 Å². The summed E-state index contributed by atoms with van der Waals surface area (Å²) in [4.78, 5) is 9.56. The summed E-state index contributed by atoms with van der Waals surface area (Å²) in [5.74, 6) is 0.782. The van der Waals surface area contributed by atoms with Gasteiger partial charge in [-0.3, -0.25) is 4.98 Å². The molecule has 5 heterocycles. The lowest BCUT2D eigenvalue weighted by atomic mass is 9.82. The second-order valence-corrected chi connectivity index (χ2v) is 9.51. The van der Waals surface area contributed by atoms with Crippen LogP contribution in [-0.4, -0.2) is 42.0 Å². The van der Waals surface area contributed by atoms with E-state index in [2.05, 4.69) is 26.1 Å². The monoisotopic (exact) mass is 414 g/mol. The molecule has 8 heteroatoms. The van der Waals surface area contributed by atoms with Crippen LogP contribution in [0.1, 0.15) is 28.3 Å². The average Bonchev–Trinajstić information content (AvgIpc) is 3.36. The van der Waals surface area contributed by atoms with Crippen molar-refractivity contribution in [2.24, 2.45) is 0 Å². The van der Waals surface area contributed by atoms with Gasteiger partial charge in [-0.1, -0.05) is 11.3 Å². The number of aryl methyl sites for hydroxylation is 1. The Hall–Kier alpha value is -2.03. The number of methoxy groups -OCH3 is 1. The molecule has 1 fully saturated rings. The van der Waals surface area contributed by atoms with Gasteiger partial charge in [0, 0.05) is 24.4 Å². The van der Waals surface area contributed by atoms with Crippen LogP contribution in [0.4, 0.5) is 5.13 Å². The molecule has 0 aromatic carbocycles. The van der Waals surface area contributed by atoms with Crippen LogP contribution in [0.5, 0.6) is 5.75 Å². The van der Waals surface area contributed by atoms with Crippen molar-refractivity contribution in [2.75, 3.05) is 31.7 Å². The zero-order valence-electron chi connectivity index (χ0n) is 16.0. The van der Waals surface area contributed by atoms with Gasteiger partial charge in [-0.15, -0.1) is 21.5 Å². The molecule has 146 valence electrons. The maximum absolute atomic E-state index is 6.41. The molecule has 0 amide bonds.